The van der Waals surface area contributed by atoms with Crippen LogP contribution < -0.4 is 4.90 Å². The zero-order chi connectivity index (χ0) is 18.1. The highest BCUT2D eigenvalue weighted by molar-refractivity contribution is 5.76. The van der Waals surface area contributed by atoms with Crippen LogP contribution in [0.25, 0.3) is 11.1 Å². The minimum Gasteiger partial charge on any atom is -0.356 e. The summed E-state index contributed by atoms with van der Waals surface area (Å²) in [6, 6.07) is 10.9. The van der Waals surface area contributed by atoms with Crippen molar-refractivity contribution < 1.29 is 0 Å². The zero-order valence-electron chi connectivity index (χ0n) is 15.8. The average Bonchev–Trinajstić information content (AvgIpc) is 3.10. The lowest BCUT2D eigenvalue weighted by molar-refractivity contribution is 0.493. The van der Waals surface area contributed by atoms with E-state index in [1.54, 1.807) is 0 Å². The normalized spacial score (nSPS) is 15.4. The van der Waals surface area contributed by atoms with Gasteiger partial charge in [0.15, 0.2) is 0 Å². The molecule has 0 atom stereocenters. The maximum absolute atomic E-state index is 4.74. The highest BCUT2D eigenvalue weighted by atomic mass is 15.2. The van der Waals surface area contributed by atoms with Crippen LogP contribution in [-0.4, -0.2) is 28.0 Å². The molecule has 4 rings (SSSR count). The first kappa shape index (κ1) is 16.8. The summed E-state index contributed by atoms with van der Waals surface area (Å²) in [5, 5.41) is 0. The number of aromatic nitrogens is 3. The van der Waals surface area contributed by atoms with Gasteiger partial charge in [-0.05, 0) is 62.4 Å². The lowest BCUT2D eigenvalue weighted by Crippen LogP contribution is -2.34. The van der Waals surface area contributed by atoms with E-state index in [0.29, 0.717) is 5.92 Å². The molecule has 1 saturated heterocycles. The molecule has 4 heteroatoms. The van der Waals surface area contributed by atoms with Gasteiger partial charge in [0, 0.05) is 36.5 Å². The number of aryl methyl sites for hydroxylation is 3. The van der Waals surface area contributed by atoms with Gasteiger partial charge in [-0.25, -0.2) is 9.97 Å². The van der Waals surface area contributed by atoms with E-state index in [9.17, 15) is 0 Å². The van der Waals surface area contributed by atoms with Crippen molar-refractivity contribution in [1.29, 1.82) is 0 Å². The minimum atomic E-state index is 0.547. The molecule has 3 aromatic rings. The summed E-state index contributed by atoms with van der Waals surface area (Å²) >= 11 is 0. The Morgan fingerprint density at radius 1 is 1.00 bits per heavy atom. The number of nitrogens with zero attached hydrogens (tertiary/aromatic N) is 3. The molecule has 1 aromatic carbocycles. The van der Waals surface area contributed by atoms with E-state index in [1.165, 1.54) is 33.6 Å². The van der Waals surface area contributed by atoms with Gasteiger partial charge in [0.05, 0.1) is 12.0 Å². The molecule has 26 heavy (non-hydrogen) atoms. The summed E-state index contributed by atoms with van der Waals surface area (Å²) in [5.74, 6) is 1.65. The molecule has 134 valence electrons. The molecule has 0 aliphatic carbocycles. The molecule has 1 fully saturated rings. The fraction of sp³-hybridized carbons (Fsp3) is 0.364. The Kier molecular flexibility index (Phi) is 4.49. The molecule has 0 bridgehead atoms. The zero-order valence-corrected chi connectivity index (χ0v) is 15.8. The molecular weight excluding hydrogens is 320 g/mol. The van der Waals surface area contributed by atoms with E-state index < -0.39 is 0 Å². The number of piperidine rings is 1. The van der Waals surface area contributed by atoms with Gasteiger partial charge in [-0.3, -0.25) is 0 Å². The average molecular weight is 346 g/mol. The van der Waals surface area contributed by atoms with Crippen molar-refractivity contribution in [2.75, 3.05) is 18.0 Å². The van der Waals surface area contributed by atoms with E-state index in [2.05, 4.69) is 59.9 Å². The molecule has 0 saturated carbocycles. The number of rotatable bonds is 3. The first-order valence-electron chi connectivity index (χ1n) is 9.41. The number of pyridine rings is 1. The quantitative estimate of drug-likeness (QED) is 0.742. The van der Waals surface area contributed by atoms with Crippen molar-refractivity contribution in [2.45, 2.75) is 39.5 Å². The molecular formula is C22H26N4. The molecule has 1 aliphatic rings. The van der Waals surface area contributed by atoms with Gasteiger partial charge in [-0.15, -0.1) is 0 Å². The van der Waals surface area contributed by atoms with Gasteiger partial charge < -0.3 is 9.88 Å². The van der Waals surface area contributed by atoms with E-state index >= 15 is 0 Å². The lowest BCUT2D eigenvalue weighted by atomic mass is 9.92. The third kappa shape index (κ3) is 3.12. The van der Waals surface area contributed by atoms with Crippen molar-refractivity contribution in [2.24, 2.45) is 0 Å². The van der Waals surface area contributed by atoms with Crippen LogP contribution in [0.3, 0.4) is 0 Å². The van der Waals surface area contributed by atoms with Crippen LogP contribution in [0, 0.1) is 20.8 Å². The number of benzene rings is 1. The number of imidazole rings is 1. The Labute approximate surface area is 155 Å². The second-order valence-electron chi connectivity index (χ2n) is 7.35. The third-order valence-electron chi connectivity index (χ3n) is 5.65. The summed E-state index contributed by atoms with van der Waals surface area (Å²) in [5.41, 5.74) is 7.57. The van der Waals surface area contributed by atoms with E-state index in [0.717, 1.165) is 31.7 Å². The van der Waals surface area contributed by atoms with Crippen LogP contribution in [0.1, 0.15) is 41.3 Å². The number of anilines is 1. The summed E-state index contributed by atoms with van der Waals surface area (Å²) in [6.45, 7) is 8.49. The monoisotopic (exact) mass is 346 g/mol. The van der Waals surface area contributed by atoms with Gasteiger partial charge in [0.1, 0.15) is 5.82 Å². The molecule has 4 nitrogen and oxygen atoms in total. The summed E-state index contributed by atoms with van der Waals surface area (Å²) in [7, 11) is 0. The fourth-order valence-electron chi connectivity index (χ4n) is 3.93. The van der Waals surface area contributed by atoms with Crippen LogP contribution in [0.4, 0.5) is 5.82 Å². The molecule has 0 amide bonds. The highest BCUT2D eigenvalue weighted by Gasteiger charge is 2.25. The van der Waals surface area contributed by atoms with Crippen molar-refractivity contribution in [1.82, 2.24) is 15.0 Å². The number of aromatic amines is 1. The molecule has 0 radical (unpaired) electrons. The Bertz CT molecular complexity index is 904. The number of hydrogen-bond acceptors (Lipinski definition) is 3. The van der Waals surface area contributed by atoms with Crippen molar-refractivity contribution >= 4 is 5.82 Å². The smallest absolute Gasteiger partial charge is 0.136 e. The second-order valence-corrected chi connectivity index (χ2v) is 7.35. The highest BCUT2D eigenvalue weighted by Crippen LogP contribution is 2.35. The van der Waals surface area contributed by atoms with Gasteiger partial charge >= 0.3 is 0 Å². The molecule has 1 aliphatic heterocycles. The van der Waals surface area contributed by atoms with Crippen LogP contribution in [0.5, 0.6) is 0 Å². The van der Waals surface area contributed by atoms with Crippen LogP contribution in [0.15, 0.2) is 42.9 Å². The van der Waals surface area contributed by atoms with E-state index in [4.69, 9.17) is 4.98 Å². The van der Waals surface area contributed by atoms with Crippen LogP contribution in [0.2, 0.25) is 0 Å². The summed E-state index contributed by atoms with van der Waals surface area (Å²) in [4.78, 5) is 14.9. The number of nitrogens with one attached hydrogen (secondary N) is 1. The SMILES string of the molecule is Cc1ccc(-c2cccnc2N2CCC(c3nc[nH]c3C)CC2)cc1C. The molecule has 0 unspecified atom stereocenters. The van der Waals surface area contributed by atoms with E-state index in [1.807, 2.05) is 18.6 Å². The Balaban J connectivity index is 1.58. The second kappa shape index (κ2) is 6.94. The van der Waals surface area contributed by atoms with Gasteiger partial charge in [-0.1, -0.05) is 18.2 Å². The van der Waals surface area contributed by atoms with Crippen LogP contribution in [-0.2, 0) is 0 Å². The number of H-pyrrole nitrogens is 1. The van der Waals surface area contributed by atoms with Gasteiger partial charge in [0.2, 0.25) is 0 Å². The Morgan fingerprint density at radius 3 is 2.50 bits per heavy atom. The van der Waals surface area contributed by atoms with Gasteiger partial charge in [0.25, 0.3) is 0 Å². The lowest BCUT2D eigenvalue weighted by Gasteiger charge is -2.33. The largest absolute Gasteiger partial charge is 0.356 e. The topological polar surface area (TPSA) is 44.8 Å². The molecule has 1 N–H and O–H groups in total. The Hall–Kier alpha value is -2.62. The van der Waals surface area contributed by atoms with Crippen LogP contribution >= 0.6 is 0 Å². The van der Waals surface area contributed by atoms with Crippen molar-refractivity contribution in [3.63, 3.8) is 0 Å². The molecule has 0 spiro atoms. The summed E-state index contributed by atoms with van der Waals surface area (Å²) in [6.07, 6.45) is 5.96. The number of hydrogen-bond donors (Lipinski definition) is 1. The molecule has 2 aromatic heterocycles. The third-order valence-corrected chi connectivity index (χ3v) is 5.65. The first-order valence-corrected chi connectivity index (χ1v) is 9.41. The standard InChI is InChI=1S/C22H26N4/c1-15-6-7-19(13-16(15)2)20-5-4-10-23-22(20)26-11-8-18(9-12-26)21-17(3)24-14-25-21/h4-7,10,13-14,18H,8-9,11-12H2,1-3H3,(H,24,25). The maximum Gasteiger partial charge on any atom is 0.136 e. The van der Waals surface area contributed by atoms with Crippen molar-refractivity contribution in [3.8, 4) is 11.1 Å². The first-order chi connectivity index (χ1) is 12.6. The fourth-order valence-corrected chi connectivity index (χ4v) is 3.93. The predicted octanol–water partition coefficient (Wildman–Crippen LogP) is 4.78. The minimum absolute atomic E-state index is 0.547. The van der Waals surface area contributed by atoms with Crippen molar-refractivity contribution in [3.05, 3.63) is 65.4 Å². The molecule has 3 heterocycles. The Morgan fingerprint density at radius 2 is 1.81 bits per heavy atom. The van der Waals surface area contributed by atoms with Gasteiger partial charge in [-0.2, -0.15) is 0 Å². The maximum atomic E-state index is 4.74. The predicted molar refractivity (Wildman–Crippen MR) is 107 cm³/mol. The summed E-state index contributed by atoms with van der Waals surface area (Å²) < 4.78 is 0. The van der Waals surface area contributed by atoms with E-state index in [-0.39, 0.29) is 0 Å².